The minimum absolute atomic E-state index is 0.102. The lowest BCUT2D eigenvalue weighted by atomic mass is 9.88. The number of hydrogen-bond donors (Lipinski definition) is 1. The number of nitro benzene ring substituents is 1. The lowest BCUT2D eigenvalue weighted by Gasteiger charge is -2.33. The summed E-state index contributed by atoms with van der Waals surface area (Å²) in [5, 5.41) is 13.4. The van der Waals surface area contributed by atoms with Crippen molar-refractivity contribution in [3.8, 4) is 0 Å². The molecule has 0 unspecified atom stereocenters. The molecule has 1 N–H and O–H groups in total. The van der Waals surface area contributed by atoms with Gasteiger partial charge in [-0.05, 0) is 38.1 Å². The minimum atomic E-state index is -1.05. The lowest BCUT2D eigenvalue weighted by molar-refractivity contribution is -0.384. The van der Waals surface area contributed by atoms with Gasteiger partial charge in [-0.2, -0.15) is 0 Å². The van der Waals surface area contributed by atoms with Crippen LogP contribution in [0.25, 0.3) is 0 Å². The Hall–Kier alpha value is -4.01. The van der Waals surface area contributed by atoms with E-state index in [4.69, 9.17) is 4.74 Å². The fraction of sp³-hybridized carbons (Fsp3) is 0.227. The summed E-state index contributed by atoms with van der Waals surface area (Å²) in [7, 11) is 0. The summed E-state index contributed by atoms with van der Waals surface area (Å²) in [6.07, 6.45) is -0.223. The third kappa shape index (κ3) is 4.61. The molecule has 0 saturated heterocycles. The quantitative estimate of drug-likeness (QED) is 0.432. The van der Waals surface area contributed by atoms with E-state index in [9.17, 15) is 24.5 Å². The topological polar surface area (TPSA) is 119 Å². The first-order valence-electron chi connectivity index (χ1n) is 9.64. The summed E-state index contributed by atoms with van der Waals surface area (Å²) in [6, 6.07) is 14.1. The second-order valence-electron chi connectivity index (χ2n) is 6.83. The molecule has 0 radical (unpaired) electrons. The second-order valence-corrected chi connectivity index (χ2v) is 6.83. The van der Waals surface area contributed by atoms with Gasteiger partial charge in [-0.3, -0.25) is 24.6 Å². The Morgan fingerprint density at radius 1 is 1.16 bits per heavy atom. The normalized spacial score (nSPS) is 16.1. The van der Waals surface area contributed by atoms with Gasteiger partial charge in [0.15, 0.2) is 0 Å². The average molecular weight is 423 g/mol. The first-order chi connectivity index (χ1) is 14.8. The fourth-order valence-electron chi connectivity index (χ4n) is 3.46. The summed E-state index contributed by atoms with van der Waals surface area (Å²) >= 11 is 0. The average Bonchev–Trinajstić information content (AvgIpc) is 2.74. The van der Waals surface area contributed by atoms with Crippen LogP contribution < -0.4 is 10.2 Å². The number of para-hydroxylation sites is 1. The van der Waals surface area contributed by atoms with E-state index >= 15 is 0 Å². The van der Waals surface area contributed by atoms with Gasteiger partial charge < -0.3 is 10.1 Å². The summed E-state index contributed by atoms with van der Waals surface area (Å²) in [5.41, 5.74) is 1.21. The van der Waals surface area contributed by atoms with Gasteiger partial charge in [0.2, 0.25) is 11.8 Å². The van der Waals surface area contributed by atoms with Crippen LogP contribution in [0.4, 0.5) is 17.1 Å². The van der Waals surface area contributed by atoms with Gasteiger partial charge in [0.1, 0.15) is 0 Å². The number of nitro groups is 1. The van der Waals surface area contributed by atoms with E-state index in [1.807, 2.05) is 6.07 Å². The Labute approximate surface area is 178 Å². The van der Waals surface area contributed by atoms with E-state index in [0.717, 1.165) is 0 Å². The van der Waals surface area contributed by atoms with E-state index in [0.29, 0.717) is 17.1 Å². The van der Waals surface area contributed by atoms with Crippen LogP contribution in [0.5, 0.6) is 0 Å². The number of anilines is 2. The molecule has 2 aromatic rings. The zero-order chi connectivity index (χ0) is 22.5. The highest BCUT2D eigenvalue weighted by Crippen LogP contribution is 2.34. The molecule has 9 heteroatoms. The van der Waals surface area contributed by atoms with Gasteiger partial charge in [-0.1, -0.05) is 18.2 Å². The summed E-state index contributed by atoms with van der Waals surface area (Å²) in [5.74, 6) is -2.63. The Kier molecular flexibility index (Phi) is 6.44. The number of esters is 1. The number of benzene rings is 2. The van der Waals surface area contributed by atoms with Crippen LogP contribution in [-0.4, -0.2) is 29.3 Å². The van der Waals surface area contributed by atoms with Crippen molar-refractivity contribution in [2.75, 3.05) is 16.8 Å². The number of carbonyl (C=O) groups excluding carboxylic acids is 3. The van der Waals surface area contributed by atoms with Crippen LogP contribution >= 0.6 is 0 Å². The van der Waals surface area contributed by atoms with Gasteiger partial charge in [-0.15, -0.1) is 0 Å². The highest BCUT2D eigenvalue weighted by Gasteiger charge is 2.40. The van der Waals surface area contributed by atoms with Crippen LogP contribution in [-0.2, 0) is 19.1 Å². The maximum Gasteiger partial charge on any atom is 0.336 e. The number of allylic oxidation sites excluding steroid dienone is 1. The summed E-state index contributed by atoms with van der Waals surface area (Å²) < 4.78 is 5.15. The first-order valence-corrected chi connectivity index (χ1v) is 9.64. The van der Waals surface area contributed by atoms with Crippen molar-refractivity contribution < 1.29 is 24.0 Å². The highest BCUT2D eigenvalue weighted by molar-refractivity contribution is 6.10. The molecule has 31 heavy (non-hydrogen) atoms. The molecule has 0 aliphatic carbocycles. The Balaban J connectivity index is 1.95. The van der Waals surface area contributed by atoms with Crippen molar-refractivity contribution >= 4 is 34.8 Å². The van der Waals surface area contributed by atoms with Crippen molar-refractivity contribution in [2.45, 2.75) is 20.3 Å². The molecule has 1 aliphatic heterocycles. The van der Waals surface area contributed by atoms with Crippen LogP contribution in [0.3, 0.4) is 0 Å². The van der Waals surface area contributed by atoms with Gasteiger partial charge in [0.05, 0.1) is 23.0 Å². The minimum Gasteiger partial charge on any atom is -0.463 e. The summed E-state index contributed by atoms with van der Waals surface area (Å²) in [6.45, 7) is 3.37. The van der Waals surface area contributed by atoms with E-state index in [1.165, 1.54) is 29.2 Å². The molecule has 0 spiro atoms. The highest BCUT2D eigenvalue weighted by atomic mass is 16.6. The molecule has 0 bridgehead atoms. The summed E-state index contributed by atoms with van der Waals surface area (Å²) in [4.78, 5) is 50.2. The number of nitrogens with zero attached hydrogens (tertiary/aromatic N) is 2. The van der Waals surface area contributed by atoms with Crippen LogP contribution in [0.1, 0.15) is 20.3 Å². The number of amides is 2. The van der Waals surface area contributed by atoms with Crippen molar-refractivity contribution in [2.24, 2.45) is 5.92 Å². The van der Waals surface area contributed by atoms with Crippen molar-refractivity contribution in [1.82, 2.24) is 0 Å². The SMILES string of the molecule is CCOC(=O)C1=C(C)N(c2ccccc2)C(=O)C[C@@H]1C(=O)Nc1ccc([N+](=O)[O-])cc1. The molecule has 1 atom stereocenters. The van der Waals surface area contributed by atoms with Gasteiger partial charge in [0, 0.05) is 35.6 Å². The molecule has 0 saturated carbocycles. The molecule has 2 aromatic carbocycles. The number of carbonyl (C=O) groups is 3. The van der Waals surface area contributed by atoms with Crippen molar-refractivity contribution in [1.29, 1.82) is 0 Å². The molecular formula is C22H21N3O6. The van der Waals surface area contributed by atoms with E-state index in [-0.39, 0.29) is 30.2 Å². The van der Waals surface area contributed by atoms with Crippen molar-refractivity contribution in [3.05, 3.63) is 76.0 Å². The second kappa shape index (κ2) is 9.21. The maximum atomic E-state index is 13.0. The van der Waals surface area contributed by atoms with Crippen LogP contribution in [0, 0.1) is 16.0 Å². The first kappa shape index (κ1) is 21.7. The largest absolute Gasteiger partial charge is 0.463 e. The number of ether oxygens (including phenoxy) is 1. The Morgan fingerprint density at radius 3 is 2.39 bits per heavy atom. The number of rotatable bonds is 6. The van der Waals surface area contributed by atoms with E-state index < -0.39 is 22.7 Å². The molecule has 0 fully saturated rings. The molecule has 0 aromatic heterocycles. The van der Waals surface area contributed by atoms with Crippen LogP contribution in [0.2, 0.25) is 0 Å². The van der Waals surface area contributed by atoms with E-state index in [2.05, 4.69) is 5.32 Å². The standard InChI is InChI=1S/C22H21N3O6/c1-3-31-22(28)20-14(2)24(16-7-5-4-6-8-16)19(26)13-18(20)21(27)23-15-9-11-17(12-10-15)25(29)30/h4-12,18H,3,13H2,1-2H3,(H,23,27)/t18-/m0/s1. The predicted molar refractivity (Wildman–Crippen MR) is 113 cm³/mol. The molecule has 1 heterocycles. The third-order valence-corrected chi connectivity index (χ3v) is 4.87. The van der Waals surface area contributed by atoms with Crippen LogP contribution in [0.15, 0.2) is 65.9 Å². The zero-order valence-corrected chi connectivity index (χ0v) is 17.0. The molecule has 160 valence electrons. The molecule has 3 rings (SSSR count). The van der Waals surface area contributed by atoms with E-state index in [1.54, 1.807) is 38.1 Å². The maximum absolute atomic E-state index is 13.0. The smallest absolute Gasteiger partial charge is 0.336 e. The lowest BCUT2D eigenvalue weighted by Crippen LogP contribution is -2.43. The van der Waals surface area contributed by atoms with Gasteiger partial charge in [-0.25, -0.2) is 4.79 Å². The van der Waals surface area contributed by atoms with Crippen molar-refractivity contribution in [3.63, 3.8) is 0 Å². The zero-order valence-electron chi connectivity index (χ0n) is 17.0. The Morgan fingerprint density at radius 2 is 1.81 bits per heavy atom. The molecule has 2 amide bonds. The molecule has 9 nitrogen and oxygen atoms in total. The third-order valence-electron chi connectivity index (χ3n) is 4.87. The molecular weight excluding hydrogens is 402 g/mol. The number of non-ortho nitro benzene ring substituents is 1. The monoisotopic (exact) mass is 423 g/mol. The molecule has 1 aliphatic rings. The van der Waals surface area contributed by atoms with Gasteiger partial charge >= 0.3 is 5.97 Å². The fourth-order valence-corrected chi connectivity index (χ4v) is 3.46. The number of hydrogen-bond acceptors (Lipinski definition) is 6. The predicted octanol–water partition coefficient (Wildman–Crippen LogP) is 3.42. The van der Waals surface area contributed by atoms with Gasteiger partial charge in [0.25, 0.3) is 5.69 Å². The number of nitrogens with one attached hydrogen (secondary N) is 1. The Bertz CT molecular complexity index is 1050.